The van der Waals surface area contributed by atoms with Crippen molar-refractivity contribution in [1.82, 2.24) is 9.80 Å². The van der Waals surface area contributed by atoms with E-state index in [9.17, 15) is 4.39 Å². The third kappa shape index (κ3) is 5.40. The molecule has 3 nitrogen and oxygen atoms in total. The van der Waals surface area contributed by atoms with Gasteiger partial charge in [-0.2, -0.15) is 0 Å². The van der Waals surface area contributed by atoms with Gasteiger partial charge in [-0.15, -0.1) is 0 Å². The minimum atomic E-state index is -0.276. The Morgan fingerprint density at radius 1 is 0.880 bits per heavy atom. The maximum atomic E-state index is 13.8. The van der Waals surface area contributed by atoms with E-state index >= 15 is 0 Å². The molecule has 4 heteroatoms. The monoisotopic (exact) mass is 338 g/mol. The Morgan fingerprint density at radius 2 is 1.52 bits per heavy atom. The number of hydrogen-bond acceptors (Lipinski definition) is 3. The fraction of sp³-hybridized carbons (Fsp3) is 0.333. The molecule has 1 heterocycles. The Morgan fingerprint density at radius 3 is 2.16 bits per heavy atom. The highest BCUT2D eigenvalue weighted by molar-refractivity contribution is 5.37. The number of hydrogen-bond donors (Lipinski definition) is 1. The van der Waals surface area contributed by atoms with E-state index in [1.54, 1.807) is 6.07 Å². The Labute approximate surface area is 148 Å². The molecule has 0 atom stereocenters. The van der Waals surface area contributed by atoms with Crippen LogP contribution in [0, 0.1) is 17.7 Å². The standard InChI is InChI=1S/C21H23FN2O/c22-21-14-19(7-4-12-25)13-20(15-21)17-24-10-8-23(9-11-24)16-18-5-2-1-3-6-18/h1-3,5-6,13-15,25H,8-12,16-17H2. The van der Waals surface area contributed by atoms with Gasteiger partial charge in [-0.25, -0.2) is 4.39 Å². The zero-order chi connectivity index (χ0) is 17.5. The van der Waals surface area contributed by atoms with E-state index in [1.165, 1.54) is 11.6 Å². The molecule has 1 N–H and O–H groups in total. The van der Waals surface area contributed by atoms with Crippen molar-refractivity contribution in [2.24, 2.45) is 0 Å². The highest BCUT2D eigenvalue weighted by atomic mass is 19.1. The van der Waals surface area contributed by atoms with Gasteiger partial charge in [0.1, 0.15) is 12.4 Å². The van der Waals surface area contributed by atoms with Crippen LogP contribution in [0.1, 0.15) is 16.7 Å². The van der Waals surface area contributed by atoms with Gasteiger partial charge in [0.25, 0.3) is 0 Å². The lowest BCUT2D eigenvalue weighted by Gasteiger charge is -2.34. The molecule has 0 radical (unpaired) electrons. The van der Waals surface area contributed by atoms with Crippen molar-refractivity contribution in [3.8, 4) is 11.8 Å². The third-order valence-electron chi connectivity index (χ3n) is 4.39. The lowest BCUT2D eigenvalue weighted by molar-refractivity contribution is 0.122. The average Bonchev–Trinajstić information content (AvgIpc) is 2.62. The second-order valence-electron chi connectivity index (χ2n) is 6.35. The van der Waals surface area contributed by atoms with Crippen molar-refractivity contribution in [2.75, 3.05) is 32.8 Å². The summed E-state index contributed by atoms with van der Waals surface area (Å²) in [4.78, 5) is 4.80. The summed E-state index contributed by atoms with van der Waals surface area (Å²) < 4.78 is 13.8. The number of aliphatic hydroxyl groups is 1. The molecule has 1 aliphatic rings. The van der Waals surface area contributed by atoms with Gasteiger partial charge in [0.2, 0.25) is 0 Å². The van der Waals surface area contributed by atoms with Crippen molar-refractivity contribution in [3.05, 3.63) is 71.0 Å². The maximum absolute atomic E-state index is 13.8. The van der Waals surface area contributed by atoms with E-state index in [-0.39, 0.29) is 12.4 Å². The van der Waals surface area contributed by atoms with Crippen LogP contribution in [-0.4, -0.2) is 47.7 Å². The van der Waals surface area contributed by atoms with Gasteiger partial charge in [-0.3, -0.25) is 9.80 Å². The first-order chi connectivity index (χ1) is 12.2. The van der Waals surface area contributed by atoms with Crippen molar-refractivity contribution in [3.63, 3.8) is 0 Å². The lowest BCUT2D eigenvalue weighted by Crippen LogP contribution is -2.45. The Hall–Kier alpha value is -2.19. The molecule has 0 aliphatic carbocycles. The molecular weight excluding hydrogens is 315 g/mol. The third-order valence-corrected chi connectivity index (χ3v) is 4.39. The molecule has 0 amide bonds. The van der Waals surface area contributed by atoms with Gasteiger partial charge in [0, 0.05) is 44.8 Å². The molecule has 2 aromatic carbocycles. The van der Waals surface area contributed by atoms with Gasteiger partial charge in [-0.05, 0) is 29.3 Å². The van der Waals surface area contributed by atoms with E-state index in [0.29, 0.717) is 5.56 Å². The minimum absolute atomic E-state index is 0.213. The van der Waals surface area contributed by atoms with E-state index in [0.717, 1.165) is 44.8 Å². The maximum Gasteiger partial charge on any atom is 0.124 e. The number of aliphatic hydroxyl groups excluding tert-OH is 1. The van der Waals surface area contributed by atoms with E-state index < -0.39 is 0 Å². The SMILES string of the molecule is OCC#Cc1cc(F)cc(CN2CCN(Cc3ccccc3)CC2)c1. The zero-order valence-corrected chi connectivity index (χ0v) is 14.3. The summed E-state index contributed by atoms with van der Waals surface area (Å²) >= 11 is 0. The van der Waals surface area contributed by atoms with Crippen LogP contribution in [0.25, 0.3) is 0 Å². The van der Waals surface area contributed by atoms with Crippen LogP contribution in [0.3, 0.4) is 0 Å². The van der Waals surface area contributed by atoms with Crippen LogP contribution in [0.2, 0.25) is 0 Å². The van der Waals surface area contributed by atoms with E-state index in [1.807, 2.05) is 12.1 Å². The second kappa shape index (κ2) is 8.77. The van der Waals surface area contributed by atoms with Crippen molar-refractivity contribution in [2.45, 2.75) is 13.1 Å². The van der Waals surface area contributed by atoms with Crippen LogP contribution in [0.15, 0.2) is 48.5 Å². The van der Waals surface area contributed by atoms with Gasteiger partial charge in [0.15, 0.2) is 0 Å². The first-order valence-electron chi connectivity index (χ1n) is 8.61. The average molecular weight is 338 g/mol. The smallest absolute Gasteiger partial charge is 0.124 e. The zero-order valence-electron chi connectivity index (χ0n) is 14.3. The van der Waals surface area contributed by atoms with Crippen LogP contribution in [0.5, 0.6) is 0 Å². The molecule has 1 fully saturated rings. The predicted molar refractivity (Wildman–Crippen MR) is 97.4 cm³/mol. The molecule has 0 aromatic heterocycles. The highest BCUT2D eigenvalue weighted by Crippen LogP contribution is 2.14. The largest absolute Gasteiger partial charge is 0.384 e. The molecule has 0 saturated carbocycles. The summed E-state index contributed by atoms with van der Waals surface area (Å²) in [6, 6.07) is 15.4. The van der Waals surface area contributed by atoms with Crippen LogP contribution >= 0.6 is 0 Å². The number of nitrogens with zero attached hydrogens (tertiary/aromatic N) is 2. The molecule has 130 valence electrons. The van der Waals surface area contributed by atoms with E-state index in [4.69, 9.17) is 5.11 Å². The molecule has 2 aromatic rings. The minimum Gasteiger partial charge on any atom is -0.384 e. The molecule has 25 heavy (non-hydrogen) atoms. The predicted octanol–water partition coefficient (Wildman–Crippen LogP) is 2.49. The van der Waals surface area contributed by atoms with Gasteiger partial charge in [-0.1, -0.05) is 42.2 Å². The Bertz CT molecular complexity index is 743. The number of halogens is 1. The van der Waals surface area contributed by atoms with Gasteiger partial charge >= 0.3 is 0 Å². The molecule has 1 saturated heterocycles. The molecule has 1 aliphatic heterocycles. The molecule has 0 unspecified atom stereocenters. The van der Waals surface area contributed by atoms with Crippen LogP contribution in [0.4, 0.5) is 4.39 Å². The quantitative estimate of drug-likeness (QED) is 0.868. The van der Waals surface area contributed by atoms with Gasteiger partial charge < -0.3 is 5.11 Å². The van der Waals surface area contributed by atoms with Crippen LogP contribution < -0.4 is 0 Å². The first-order valence-corrected chi connectivity index (χ1v) is 8.61. The van der Waals surface area contributed by atoms with Crippen molar-refractivity contribution >= 4 is 0 Å². The van der Waals surface area contributed by atoms with Crippen LogP contribution in [-0.2, 0) is 13.1 Å². The highest BCUT2D eigenvalue weighted by Gasteiger charge is 2.17. The Balaban J connectivity index is 1.54. The summed E-state index contributed by atoms with van der Waals surface area (Å²) in [6.07, 6.45) is 0. The summed E-state index contributed by atoms with van der Waals surface area (Å²) in [5, 5.41) is 8.78. The molecule has 3 rings (SSSR count). The first kappa shape index (κ1) is 17.6. The summed E-state index contributed by atoms with van der Waals surface area (Å²) in [5.41, 5.74) is 2.89. The lowest BCUT2D eigenvalue weighted by atomic mass is 10.1. The van der Waals surface area contributed by atoms with Gasteiger partial charge in [0.05, 0.1) is 0 Å². The fourth-order valence-corrected chi connectivity index (χ4v) is 3.16. The summed E-state index contributed by atoms with van der Waals surface area (Å²) in [6.45, 7) is 5.47. The summed E-state index contributed by atoms with van der Waals surface area (Å²) in [5.74, 6) is 5.08. The normalized spacial score (nSPS) is 15.6. The summed E-state index contributed by atoms with van der Waals surface area (Å²) in [7, 11) is 0. The number of benzene rings is 2. The fourth-order valence-electron chi connectivity index (χ4n) is 3.16. The topological polar surface area (TPSA) is 26.7 Å². The molecular formula is C21H23FN2O. The molecule has 0 bridgehead atoms. The van der Waals surface area contributed by atoms with Crippen molar-refractivity contribution < 1.29 is 9.50 Å². The van der Waals surface area contributed by atoms with Crippen molar-refractivity contribution in [1.29, 1.82) is 0 Å². The number of rotatable bonds is 4. The Kier molecular flexibility index (Phi) is 6.19. The molecule has 0 spiro atoms. The van der Waals surface area contributed by atoms with E-state index in [2.05, 4.69) is 45.9 Å². The number of piperazine rings is 1. The second-order valence-corrected chi connectivity index (χ2v) is 6.35.